The largest absolute Gasteiger partial charge is 0.101 e. The minimum absolute atomic E-state index is 1.15. The molecule has 0 heteroatoms. The summed E-state index contributed by atoms with van der Waals surface area (Å²) < 4.78 is 0. The van der Waals surface area contributed by atoms with E-state index in [0.717, 1.165) is 6.42 Å². The molecule has 0 N–H and O–H groups in total. The third-order valence-corrected chi connectivity index (χ3v) is 1.65. The van der Waals surface area contributed by atoms with E-state index in [9.17, 15) is 0 Å². The molecule has 10 heavy (non-hydrogen) atoms. The summed E-state index contributed by atoms with van der Waals surface area (Å²) in [6, 6.07) is 0. The molecule has 52 valence electrons. The summed E-state index contributed by atoms with van der Waals surface area (Å²) in [7, 11) is 0. The molecule has 0 aromatic heterocycles. The van der Waals surface area contributed by atoms with Gasteiger partial charge in [0.1, 0.15) is 0 Å². The van der Waals surface area contributed by atoms with Gasteiger partial charge in [-0.2, -0.15) is 0 Å². The molecule has 0 unspecified atom stereocenters. The van der Waals surface area contributed by atoms with Gasteiger partial charge in [-0.1, -0.05) is 18.1 Å². The van der Waals surface area contributed by atoms with Crippen molar-refractivity contribution < 1.29 is 0 Å². The molecule has 0 nitrogen and oxygen atoms in total. The topological polar surface area (TPSA) is 0 Å². The molecule has 0 aromatic rings. The van der Waals surface area contributed by atoms with Crippen LogP contribution in [-0.2, 0) is 0 Å². The molecule has 0 bridgehead atoms. The fraction of sp³-hybridized carbons (Fsp3) is 0.400. The van der Waals surface area contributed by atoms with Crippen molar-refractivity contribution >= 4 is 0 Å². The monoisotopic (exact) mass is 132 g/mol. The van der Waals surface area contributed by atoms with Gasteiger partial charge in [0.25, 0.3) is 0 Å². The molecule has 0 aliphatic heterocycles. The van der Waals surface area contributed by atoms with Crippen molar-refractivity contribution in [1.82, 2.24) is 0 Å². The van der Waals surface area contributed by atoms with Gasteiger partial charge in [0.05, 0.1) is 0 Å². The second-order valence-corrected chi connectivity index (χ2v) is 2.46. The van der Waals surface area contributed by atoms with Crippen molar-refractivity contribution in [3.8, 4) is 11.8 Å². The van der Waals surface area contributed by atoms with Gasteiger partial charge in [0, 0.05) is 5.57 Å². The average Bonchev–Trinajstić information content (AvgIpc) is 1.94. The highest BCUT2D eigenvalue weighted by atomic mass is 14.0. The predicted molar refractivity (Wildman–Crippen MR) is 44.5 cm³/mol. The molecule has 0 aromatic carbocycles. The Morgan fingerprint density at radius 1 is 1.30 bits per heavy atom. The summed E-state index contributed by atoms with van der Waals surface area (Å²) in [5.74, 6) is 5.99. The molecule has 1 rings (SSSR count). The van der Waals surface area contributed by atoms with Crippen molar-refractivity contribution in [1.29, 1.82) is 0 Å². The third kappa shape index (κ3) is 1.51. The molecule has 1 aliphatic rings. The fourth-order valence-corrected chi connectivity index (χ4v) is 1.08. The van der Waals surface area contributed by atoms with Gasteiger partial charge in [-0.25, -0.2) is 0 Å². The molecular weight excluding hydrogens is 120 g/mol. The van der Waals surface area contributed by atoms with Crippen LogP contribution in [0.25, 0.3) is 0 Å². The van der Waals surface area contributed by atoms with Crippen molar-refractivity contribution in [2.24, 2.45) is 0 Å². The maximum absolute atomic E-state index is 3.08. The lowest BCUT2D eigenvalue weighted by molar-refractivity contribution is 1.00. The zero-order valence-electron chi connectivity index (χ0n) is 6.57. The van der Waals surface area contributed by atoms with E-state index in [0.29, 0.717) is 0 Å². The lowest BCUT2D eigenvalue weighted by Gasteiger charge is -2.05. The van der Waals surface area contributed by atoms with Gasteiger partial charge in [0.2, 0.25) is 0 Å². The summed E-state index contributed by atoms with van der Waals surface area (Å²) in [6.07, 6.45) is 6.80. The van der Waals surface area contributed by atoms with E-state index in [1.807, 2.05) is 6.92 Å². The van der Waals surface area contributed by atoms with Crippen molar-refractivity contribution in [2.75, 3.05) is 0 Å². The van der Waals surface area contributed by atoms with Crippen LogP contribution < -0.4 is 0 Å². The van der Waals surface area contributed by atoms with Crippen LogP contribution in [0.1, 0.15) is 26.7 Å². The van der Waals surface area contributed by atoms with Gasteiger partial charge in [-0.3, -0.25) is 0 Å². The molecule has 0 atom stereocenters. The summed E-state index contributed by atoms with van der Waals surface area (Å²) >= 11 is 0. The SMILES string of the molecule is CC#CC1=CCCC=C1C. The van der Waals surface area contributed by atoms with Gasteiger partial charge in [-0.05, 0) is 32.3 Å². The first kappa shape index (κ1) is 7.15. The molecule has 0 spiro atoms. The fourth-order valence-electron chi connectivity index (χ4n) is 1.08. The van der Waals surface area contributed by atoms with Crippen molar-refractivity contribution in [3.05, 3.63) is 23.3 Å². The van der Waals surface area contributed by atoms with Crippen LogP contribution in [0.3, 0.4) is 0 Å². The normalized spacial score (nSPS) is 16.6. The number of hydrogen-bond donors (Lipinski definition) is 0. The van der Waals surface area contributed by atoms with Crippen LogP contribution in [-0.4, -0.2) is 0 Å². The minimum Gasteiger partial charge on any atom is -0.101 e. The minimum atomic E-state index is 1.15. The Morgan fingerprint density at radius 2 is 2.00 bits per heavy atom. The Hall–Kier alpha value is -0.960. The maximum Gasteiger partial charge on any atom is 0.0231 e. The first-order chi connectivity index (χ1) is 4.84. The quantitative estimate of drug-likeness (QED) is 0.444. The van der Waals surface area contributed by atoms with Crippen LogP contribution in [0.2, 0.25) is 0 Å². The first-order valence-corrected chi connectivity index (χ1v) is 3.64. The summed E-state index contributed by atoms with van der Waals surface area (Å²) in [6.45, 7) is 4.00. The number of rotatable bonds is 0. The van der Waals surface area contributed by atoms with E-state index in [1.165, 1.54) is 17.6 Å². The van der Waals surface area contributed by atoms with E-state index in [4.69, 9.17) is 0 Å². The van der Waals surface area contributed by atoms with E-state index in [-0.39, 0.29) is 0 Å². The third-order valence-electron chi connectivity index (χ3n) is 1.65. The summed E-state index contributed by atoms with van der Waals surface area (Å²) in [4.78, 5) is 0. The Bertz CT molecular complexity index is 230. The number of allylic oxidation sites excluding steroid dienone is 4. The Balaban J connectivity index is 2.81. The zero-order valence-corrected chi connectivity index (χ0v) is 6.57. The van der Waals surface area contributed by atoms with Crippen LogP contribution in [0.15, 0.2) is 23.3 Å². The highest BCUT2D eigenvalue weighted by Crippen LogP contribution is 2.16. The smallest absolute Gasteiger partial charge is 0.0231 e. The van der Waals surface area contributed by atoms with Gasteiger partial charge in [-0.15, -0.1) is 5.92 Å². The van der Waals surface area contributed by atoms with Crippen molar-refractivity contribution in [3.63, 3.8) is 0 Å². The first-order valence-electron chi connectivity index (χ1n) is 3.64. The van der Waals surface area contributed by atoms with Gasteiger partial charge < -0.3 is 0 Å². The highest BCUT2D eigenvalue weighted by Gasteiger charge is 1.99. The van der Waals surface area contributed by atoms with Gasteiger partial charge >= 0.3 is 0 Å². The van der Waals surface area contributed by atoms with Crippen LogP contribution in [0.5, 0.6) is 0 Å². The lowest BCUT2D eigenvalue weighted by atomic mass is 10.00. The molecule has 0 amide bonds. The van der Waals surface area contributed by atoms with E-state index < -0.39 is 0 Å². The van der Waals surface area contributed by atoms with Gasteiger partial charge in [0.15, 0.2) is 0 Å². The second-order valence-electron chi connectivity index (χ2n) is 2.46. The molecular formula is C10H12. The number of hydrogen-bond acceptors (Lipinski definition) is 0. The molecule has 0 radical (unpaired) electrons. The highest BCUT2D eigenvalue weighted by molar-refractivity contribution is 5.45. The molecule has 0 fully saturated rings. The van der Waals surface area contributed by atoms with Crippen LogP contribution in [0, 0.1) is 11.8 Å². The van der Waals surface area contributed by atoms with Crippen LogP contribution >= 0.6 is 0 Å². The lowest BCUT2D eigenvalue weighted by Crippen LogP contribution is -1.87. The summed E-state index contributed by atoms with van der Waals surface area (Å²) in [5, 5.41) is 0. The van der Waals surface area contributed by atoms with Crippen LogP contribution in [0.4, 0.5) is 0 Å². The zero-order chi connectivity index (χ0) is 7.40. The Morgan fingerprint density at radius 3 is 2.60 bits per heavy atom. The summed E-state index contributed by atoms with van der Waals surface area (Å²) in [5.41, 5.74) is 2.55. The molecule has 0 heterocycles. The van der Waals surface area contributed by atoms with E-state index in [2.05, 4.69) is 30.9 Å². The standard InChI is InChI=1S/C10H12/c1-3-6-10-8-5-4-7-9(10)2/h7-8H,4-5H2,1-2H3. The van der Waals surface area contributed by atoms with E-state index >= 15 is 0 Å². The molecule has 1 aliphatic carbocycles. The molecule has 0 saturated carbocycles. The Kier molecular flexibility index (Phi) is 2.34. The Labute approximate surface area is 62.6 Å². The predicted octanol–water partition coefficient (Wildman–Crippen LogP) is 2.68. The van der Waals surface area contributed by atoms with E-state index in [1.54, 1.807) is 0 Å². The second kappa shape index (κ2) is 3.27. The molecule has 0 saturated heterocycles. The van der Waals surface area contributed by atoms with Crippen molar-refractivity contribution in [2.45, 2.75) is 26.7 Å². The maximum atomic E-state index is 3.08. The average molecular weight is 132 g/mol.